The standard InChI is InChI=1S/C23H33N3O3S/c1-16-8-11-25(12-9-16)19(20-7-4-14-30-20)15-24-21(27)10-13-26-22(28)17-5-2-3-6-18(17)23(26)29/h4,7,14,16-19H,2-3,5-6,8-13,15H2,1H3,(H,24,27)/p+1/t17-,18-,19-/m0/s1. The second-order valence-corrected chi connectivity index (χ2v) is 10.3. The van der Waals surface area contributed by atoms with Gasteiger partial charge in [-0.05, 0) is 43.0 Å². The number of hydrogen-bond acceptors (Lipinski definition) is 4. The summed E-state index contributed by atoms with van der Waals surface area (Å²) < 4.78 is 0. The highest BCUT2D eigenvalue weighted by molar-refractivity contribution is 7.10. The first-order valence-corrected chi connectivity index (χ1v) is 12.4. The molecule has 3 amide bonds. The Morgan fingerprint density at radius 1 is 1.17 bits per heavy atom. The van der Waals surface area contributed by atoms with Crippen LogP contribution in [0.4, 0.5) is 0 Å². The molecule has 3 atom stereocenters. The van der Waals surface area contributed by atoms with Crippen molar-refractivity contribution < 1.29 is 19.3 Å². The third-order valence-electron chi connectivity index (χ3n) is 7.29. The number of fused-ring (bicyclic) bond motifs is 1. The molecule has 0 unspecified atom stereocenters. The highest BCUT2D eigenvalue weighted by Gasteiger charge is 2.47. The van der Waals surface area contributed by atoms with Crippen molar-refractivity contribution in [1.82, 2.24) is 10.2 Å². The molecule has 3 aliphatic rings. The number of imide groups is 1. The lowest BCUT2D eigenvalue weighted by Crippen LogP contribution is -3.14. The van der Waals surface area contributed by atoms with Crippen LogP contribution in [0.5, 0.6) is 0 Å². The molecule has 1 aromatic heterocycles. The summed E-state index contributed by atoms with van der Waals surface area (Å²) in [5.74, 6) is 0.329. The summed E-state index contributed by atoms with van der Waals surface area (Å²) in [6, 6.07) is 4.51. The maximum Gasteiger partial charge on any atom is 0.233 e. The lowest BCUT2D eigenvalue weighted by atomic mass is 9.81. The van der Waals surface area contributed by atoms with E-state index in [1.165, 1.54) is 22.6 Å². The summed E-state index contributed by atoms with van der Waals surface area (Å²) in [7, 11) is 0. The number of nitrogens with one attached hydrogen (secondary N) is 2. The molecular formula is C23H34N3O3S+. The Labute approximate surface area is 183 Å². The van der Waals surface area contributed by atoms with Crippen LogP contribution in [0.2, 0.25) is 0 Å². The Bertz CT molecular complexity index is 734. The zero-order valence-electron chi connectivity index (χ0n) is 17.9. The van der Waals surface area contributed by atoms with Gasteiger partial charge >= 0.3 is 0 Å². The summed E-state index contributed by atoms with van der Waals surface area (Å²) in [6.07, 6.45) is 6.33. The van der Waals surface area contributed by atoms with Gasteiger partial charge in [0.25, 0.3) is 0 Å². The molecule has 0 spiro atoms. The van der Waals surface area contributed by atoms with Crippen LogP contribution in [-0.2, 0) is 14.4 Å². The van der Waals surface area contributed by atoms with E-state index in [-0.39, 0.29) is 48.6 Å². The number of amides is 3. The van der Waals surface area contributed by atoms with Gasteiger partial charge in [-0.3, -0.25) is 19.3 Å². The molecule has 2 aliphatic heterocycles. The van der Waals surface area contributed by atoms with E-state index >= 15 is 0 Å². The summed E-state index contributed by atoms with van der Waals surface area (Å²) in [6.45, 7) is 5.42. The van der Waals surface area contributed by atoms with Crippen molar-refractivity contribution in [1.29, 1.82) is 0 Å². The molecule has 2 N–H and O–H groups in total. The fourth-order valence-electron chi connectivity index (χ4n) is 5.39. The molecule has 2 saturated heterocycles. The van der Waals surface area contributed by atoms with E-state index in [4.69, 9.17) is 0 Å². The molecule has 1 aliphatic carbocycles. The molecule has 1 saturated carbocycles. The predicted molar refractivity (Wildman–Crippen MR) is 116 cm³/mol. The van der Waals surface area contributed by atoms with Crippen LogP contribution >= 0.6 is 11.3 Å². The van der Waals surface area contributed by atoms with Crippen molar-refractivity contribution in [3.63, 3.8) is 0 Å². The molecule has 6 nitrogen and oxygen atoms in total. The smallest absolute Gasteiger partial charge is 0.233 e. The number of thiophene rings is 1. The fraction of sp³-hybridized carbons (Fsp3) is 0.696. The normalized spacial score (nSPS) is 30.2. The number of hydrogen-bond donors (Lipinski definition) is 2. The SMILES string of the molecule is CC1CC[NH+]([C@@H](CNC(=O)CCN2C(=O)[C@H]3CCCC[C@@H]3C2=O)c2cccs2)CC1. The molecule has 4 rings (SSSR count). The van der Waals surface area contributed by atoms with E-state index in [9.17, 15) is 14.4 Å². The van der Waals surface area contributed by atoms with Gasteiger partial charge in [0, 0.05) is 13.0 Å². The van der Waals surface area contributed by atoms with Gasteiger partial charge in [0.1, 0.15) is 6.04 Å². The minimum Gasteiger partial charge on any atom is -0.350 e. The largest absolute Gasteiger partial charge is 0.350 e. The Morgan fingerprint density at radius 3 is 2.43 bits per heavy atom. The Balaban J connectivity index is 1.30. The summed E-state index contributed by atoms with van der Waals surface area (Å²) >= 11 is 1.75. The van der Waals surface area contributed by atoms with Crippen LogP contribution < -0.4 is 10.2 Å². The molecule has 7 heteroatoms. The molecule has 164 valence electrons. The highest BCUT2D eigenvalue weighted by atomic mass is 32.1. The number of nitrogens with zero attached hydrogens (tertiary/aromatic N) is 1. The maximum absolute atomic E-state index is 12.6. The predicted octanol–water partition coefficient (Wildman–Crippen LogP) is 1.79. The molecular weight excluding hydrogens is 398 g/mol. The summed E-state index contributed by atoms with van der Waals surface area (Å²) in [5, 5.41) is 5.19. The molecule has 0 bridgehead atoms. The monoisotopic (exact) mass is 432 g/mol. The average Bonchev–Trinajstić information content (AvgIpc) is 3.36. The van der Waals surface area contributed by atoms with Crippen molar-refractivity contribution in [2.24, 2.45) is 17.8 Å². The zero-order chi connectivity index (χ0) is 21.1. The number of carbonyl (C=O) groups excluding carboxylic acids is 3. The quantitative estimate of drug-likeness (QED) is 0.646. The van der Waals surface area contributed by atoms with E-state index in [0.717, 1.165) is 44.7 Å². The second-order valence-electron chi connectivity index (χ2n) is 9.29. The van der Waals surface area contributed by atoms with Gasteiger partial charge in [0.05, 0.1) is 36.3 Å². The number of rotatable bonds is 7. The molecule has 3 heterocycles. The Kier molecular flexibility index (Phi) is 6.88. The number of quaternary nitrogens is 1. The Morgan fingerprint density at radius 2 is 1.83 bits per heavy atom. The molecule has 30 heavy (non-hydrogen) atoms. The summed E-state index contributed by atoms with van der Waals surface area (Å²) in [5.41, 5.74) is 0. The first kappa shape index (κ1) is 21.5. The first-order chi connectivity index (χ1) is 14.5. The average molecular weight is 433 g/mol. The van der Waals surface area contributed by atoms with Crippen LogP contribution in [-0.4, -0.2) is 48.8 Å². The van der Waals surface area contributed by atoms with Gasteiger partial charge in [-0.2, -0.15) is 0 Å². The highest BCUT2D eigenvalue weighted by Crippen LogP contribution is 2.37. The van der Waals surface area contributed by atoms with E-state index in [1.54, 1.807) is 16.2 Å². The maximum atomic E-state index is 12.6. The minimum absolute atomic E-state index is 0.0548. The van der Waals surface area contributed by atoms with Gasteiger partial charge in [0.15, 0.2) is 0 Å². The third-order valence-corrected chi connectivity index (χ3v) is 8.28. The van der Waals surface area contributed by atoms with E-state index in [2.05, 4.69) is 29.8 Å². The van der Waals surface area contributed by atoms with Gasteiger partial charge < -0.3 is 10.2 Å². The topological polar surface area (TPSA) is 70.9 Å². The van der Waals surface area contributed by atoms with E-state index in [0.29, 0.717) is 6.54 Å². The molecule has 1 aromatic rings. The molecule has 0 aromatic carbocycles. The Hall–Kier alpha value is -1.73. The fourth-order valence-corrected chi connectivity index (χ4v) is 6.27. The van der Waals surface area contributed by atoms with Crippen molar-refractivity contribution in [2.45, 2.75) is 57.9 Å². The first-order valence-electron chi connectivity index (χ1n) is 11.5. The lowest BCUT2D eigenvalue weighted by Gasteiger charge is -2.33. The minimum atomic E-state index is -0.136. The number of likely N-dealkylation sites (tertiary alicyclic amines) is 2. The third kappa shape index (κ3) is 4.62. The molecule has 0 radical (unpaired) electrons. The zero-order valence-corrected chi connectivity index (χ0v) is 18.7. The van der Waals surface area contributed by atoms with Crippen molar-refractivity contribution in [3.8, 4) is 0 Å². The van der Waals surface area contributed by atoms with Gasteiger partial charge in [0.2, 0.25) is 17.7 Å². The van der Waals surface area contributed by atoms with Crippen LogP contribution in [0.15, 0.2) is 17.5 Å². The van der Waals surface area contributed by atoms with E-state index in [1.807, 2.05) is 0 Å². The van der Waals surface area contributed by atoms with Gasteiger partial charge in [-0.25, -0.2) is 0 Å². The van der Waals surface area contributed by atoms with Gasteiger partial charge in [-0.15, -0.1) is 11.3 Å². The van der Waals surface area contributed by atoms with Crippen LogP contribution in [0.1, 0.15) is 62.8 Å². The van der Waals surface area contributed by atoms with Crippen molar-refractivity contribution in [3.05, 3.63) is 22.4 Å². The summed E-state index contributed by atoms with van der Waals surface area (Å²) in [4.78, 5) is 42.0. The second kappa shape index (κ2) is 9.60. The van der Waals surface area contributed by atoms with Crippen LogP contribution in [0.3, 0.4) is 0 Å². The van der Waals surface area contributed by atoms with Crippen molar-refractivity contribution in [2.75, 3.05) is 26.2 Å². The van der Waals surface area contributed by atoms with Crippen LogP contribution in [0, 0.1) is 17.8 Å². The van der Waals surface area contributed by atoms with Gasteiger partial charge in [-0.1, -0.05) is 25.8 Å². The van der Waals surface area contributed by atoms with Crippen molar-refractivity contribution >= 4 is 29.1 Å². The van der Waals surface area contributed by atoms with Crippen LogP contribution in [0.25, 0.3) is 0 Å². The lowest BCUT2D eigenvalue weighted by molar-refractivity contribution is -0.935. The van der Waals surface area contributed by atoms with E-state index < -0.39 is 0 Å². The molecule has 3 fully saturated rings. The number of piperidine rings is 1. The number of carbonyl (C=O) groups is 3.